The summed E-state index contributed by atoms with van der Waals surface area (Å²) in [5.74, 6) is 0.698. The van der Waals surface area contributed by atoms with Gasteiger partial charge in [0, 0.05) is 29.8 Å². The molecule has 0 aromatic carbocycles. The standard InChI is InChI=1S/C20H34N6O/c1-9-15(14-12-21-25(10-2)13-14)22-18(27)23-17-11-16(19(3,4)5)24-26(17)20(6,7)8/h11-13,15H,9-10H2,1-8H3,(H2,22,23,27)/t15-/m1/s1. The van der Waals surface area contributed by atoms with Gasteiger partial charge in [0.2, 0.25) is 0 Å². The molecule has 0 saturated heterocycles. The second-order valence-electron chi connectivity index (χ2n) is 8.94. The van der Waals surface area contributed by atoms with Crippen molar-refractivity contribution in [3.8, 4) is 0 Å². The van der Waals surface area contributed by atoms with E-state index >= 15 is 0 Å². The molecular formula is C20H34N6O. The molecule has 0 aliphatic rings. The van der Waals surface area contributed by atoms with Crippen molar-refractivity contribution in [3.05, 3.63) is 29.7 Å². The summed E-state index contributed by atoms with van der Waals surface area (Å²) in [6, 6.07) is 1.64. The second kappa shape index (κ2) is 7.74. The number of hydrogen-bond acceptors (Lipinski definition) is 3. The van der Waals surface area contributed by atoms with Crippen LogP contribution in [0.15, 0.2) is 18.5 Å². The number of anilines is 1. The lowest BCUT2D eigenvalue weighted by molar-refractivity contribution is 0.247. The Morgan fingerprint density at radius 2 is 1.85 bits per heavy atom. The molecule has 2 rings (SSSR count). The molecule has 1 atom stereocenters. The van der Waals surface area contributed by atoms with Crippen LogP contribution in [0.1, 0.15) is 79.1 Å². The van der Waals surface area contributed by atoms with Crippen molar-refractivity contribution >= 4 is 11.8 Å². The van der Waals surface area contributed by atoms with Crippen LogP contribution in [0.2, 0.25) is 0 Å². The first-order valence-electron chi connectivity index (χ1n) is 9.66. The van der Waals surface area contributed by atoms with Gasteiger partial charge in [0.25, 0.3) is 0 Å². The van der Waals surface area contributed by atoms with E-state index in [2.05, 4.69) is 57.3 Å². The third-order valence-corrected chi connectivity index (χ3v) is 4.45. The Morgan fingerprint density at radius 1 is 1.19 bits per heavy atom. The summed E-state index contributed by atoms with van der Waals surface area (Å²) < 4.78 is 3.74. The fourth-order valence-electron chi connectivity index (χ4n) is 2.81. The number of hydrogen-bond donors (Lipinski definition) is 2. The maximum absolute atomic E-state index is 12.7. The van der Waals surface area contributed by atoms with E-state index in [0.29, 0.717) is 5.82 Å². The number of rotatable bonds is 5. The molecule has 0 fully saturated rings. The minimum atomic E-state index is -0.239. The maximum Gasteiger partial charge on any atom is 0.320 e. The third-order valence-electron chi connectivity index (χ3n) is 4.45. The van der Waals surface area contributed by atoms with Crippen molar-refractivity contribution in [2.45, 2.75) is 85.4 Å². The number of nitrogens with zero attached hydrogens (tertiary/aromatic N) is 4. The van der Waals surface area contributed by atoms with E-state index in [4.69, 9.17) is 5.10 Å². The summed E-state index contributed by atoms with van der Waals surface area (Å²) in [5, 5.41) is 15.1. The molecule has 0 aliphatic heterocycles. The predicted molar refractivity (Wildman–Crippen MR) is 109 cm³/mol. The molecule has 2 N–H and O–H groups in total. The lowest BCUT2D eigenvalue weighted by atomic mass is 9.92. The summed E-state index contributed by atoms with van der Waals surface area (Å²) >= 11 is 0. The molecule has 0 saturated carbocycles. The fourth-order valence-corrected chi connectivity index (χ4v) is 2.81. The van der Waals surface area contributed by atoms with E-state index in [1.54, 1.807) is 0 Å². The predicted octanol–water partition coefficient (Wildman–Crippen LogP) is 4.42. The molecule has 0 spiro atoms. The van der Waals surface area contributed by atoms with Crippen LogP contribution in [0.3, 0.4) is 0 Å². The molecule has 0 unspecified atom stereocenters. The largest absolute Gasteiger partial charge is 0.331 e. The monoisotopic (exact) mass is 374 g/mol. The molecule has 0 aliphatic carbocycles. The average Bonchev–Trinajstić information content (AvgIpc) is 3.18. The van der Waals surface area contributed by atoms with Crippen LogP contribution in [0.5, 0.6) is 0 Å². The first kappa shape index (κ1) is 21.0. The van der Waals surface area contributed by atoms with Gasteiger partial charge in [-0.1, -0.05) is 27.7 Å². The Hall–Kier alpha value is -2.31. The zero-order valence-electron chi connectivity index (χ0n) is 17.9. The molecule has 2 aromatic heterocycles. The third kappa shape index (κ3) is 5.11. The number of urea groups is 1. The normalized spacial score (nSPS) is 13.5. The molecule has 27 heavy (non-hydrogen) atoms. The van der Waals surface area contributed by atoms with Crippen molar-refractivity contribution < 1.29 is 4.79 Å². The van der Waals surface area contributed by atoms with Crippen molar-refractivity contribution in [1.82, 2.24) is 24.9 Å². The number of carbonyl (C=O) groups is 1. The second-order valence-corrected chi connectivity index (χ2v) is 8.94. The molecule has 0 bridgehead atoms. The van der Waals surface area contributed by atoms with Gasteiger partial charge in [-0.2, -0.15) is 10.2 Å². The van der Waals surface area contributed by atoms with Gasteiger partial charge in [0.1, 0.15) is 5.82 Å². The van der Waals surface area contributed by atoms with Gasteiger partial charge in [-0.05, 0) is 34.1 Å². The lowest BCUT2D eigenvalue weighted by Crippen LogP contribution is -2.34. The zero-order chi connectivity index (χ0) is 20.4. The minimum absolute atomic E-state index is 0.0848. The van der Waals surface area contributed by atoms with Crippen LogP contribution in [-0.2, 0) is 17.5 Å². The fraction of sp³-hybridized carbons (Fsp3) is 0.650. The molecular weight excluding hydrogens is 340 g/mol. The molecule has 2 aromatic rings. The molecule has 0 radical (unpaired) electrons. The Bertz CT molecular complexity index is 775. The SMILES string of the molecule is CC[C@@H](NC(=O)Nc1cc(C(C)(C)C)nn1C(C)(C)C)c1cnn(CC)c1. The number of amides is 2. The van der Waals surface area contributed by atoms with Crippen molar-refractivity contribution in [3.63, 3.8) is 0 Å². The maximum atomic E-state index is 12.7. The summed E-state index contributed by atoms with van der Waals surface area (Å²) in [7, 11) is 0. The summed E-state index contributed by atoms with van der Waals surface area (Å²) in [6.07, 6.45) is 4.58. The van der Waals surface area contributed by atoms with Gasteiger partial charge < -0.3 is 5.32 Å². The van der Waals surface area contributed by atoms with Crippen LogP contribution in [0, 0.1) is 0 Å². The van der Waals surface area contributed by atoms with Gasteiger partial charge >= 0.3 is 6.03 Å². The number of aromatic nitrogens is 4. The van der Waals surface area contributed by atoms with Crippen LogP contribution >= 0.6 is 0 Å². The molecule has 150 valence electrons. The quantitative estimate of drug-likeness (QED) is 0.813. The van der Waals surface area contributed by atoms with Gasteiger partial charge in [0.15, 0.2) is 0 Å². The molecule has 7 heteroatoms. The van der Waals surface area contributed by atoms with E-state index in [-0.39, 0.29) is 23.0 Å². The Kier molecular flexibility index (Phi) is 6.02. The van der Waals surface area contributed by atoms with Crippen molar-refractivity contribution in [2.75, 3.05) is 5.32 Å². The van der Waals surface area contributed by atoms with Gasteiger partial charge in [-0.15, -0.1) is 0 Å². The number of aryl methyl sites for hydroxylation is 1. The Morgan fingerprint density at radius 3 is 2.33 bits per heavy atom. The zero-order valence-corrected chi connectivity index (χ0v) is 17.9. The smallest absolute Gasteiger partial charge is 0.320 e. The number of carbonyl (C=O) groups excluding carboxylic acids is 1. The lowest BCUT2D eigenvalue weighted by Gasteiger charge is -2.23. The van der Waals surface area contributed by atoms with Crippen LogP contribution < -0.4 is 10.6 Å². The van der Waals surface area contributed by atoms with E-state index in [1.165, 1.54) is 0 Å². The molecule has 2 heterocycles. The van der Waals surface area contributed by atoms with E-state index in [1.807, 2.05) is 41.7 Å². The molecule has 2 amide bonds. The average molecular weight is 375 g/mol. The van der Waals surface area contributed by atoms with Gasteiger partial charge in [-0.25, -0.2) is 9.48 Å². The first-order valence-corrected chi connectivity index (χ1v) is 9.66. The van der Waals surface area contributed by atoms with Crippen LogP contribution in [0.4, 0.5) is 10.6 Å². The Labute approximate surface area is 162 Å². The van der Waals surface area contributed by atoms with Crippen LogP contribution in [0.25, 0.3) is 0 Å². The van der Waals surface area contributed by atoms with Crippen LogP contribution in [-0.4, -0.2) is 25.6 Å². The topological polar surface area (TPSA) is 76.8 Å². The van der Waals surface area contributed by atoms with Gasteiger partial charge in [0.05, 0.1) is 23.5 Å². The van der Waals surface area contributed by atoms with Crippen molar-refractivity contribution in [2.24, 2.45) is 0 Å². The highest BCUT2D eigenvalue weighted by atomic mass is 16.2. The van der Waals surface area contributed by atoms with E-state index in [9.17, 15) is 4.79 Å². The highest BCUT2D eigenvalue weighted by molar-refractivity contribution is 5.88. The number of nitrogens with one attached hydrogen (secondary N) is 2. The Balaban J connectivity index is 2.20. The highest BCUT2D eigenvalue weighted by Crippen LogP contribution is 2.28. The van der Waals surface area contributed by atoms with Gasteiger partial charge in [-0.3, -0.25) is 10.00 Å². The van der Waals surface area contributed by atoms with E-state index in [0.717, 1.165) is 24.2 Å². The van der Waals surface area contributed by atoms with Crippen molar-refractivity contribution in [1.29, 1.82) is 0 Å². The van der Waals surface area contributed by atoms with E-state index < -0.39 is 0 Å². The summed E-state index contributed by atoms with van der Waals surface area (Å²) in [5.41, 5.74) is 1.63. The highest BCUT2D eigenvalue weighted by Gasteiger charge is 2.26. The minimum Gasteiger partial charge on any atom is -0.331 e. The summed E-state index contributed by atoms with van der Waals surface area (Å²) in [6.45, 7) is 17.5. The summed E-state index contributed by atoms with van der Waals surface area (Å²) in [4.78, 5) is 12.7. The first-order chi connectivity index (χ1) is 12.5. The molecule has 7 nitrogen and oxygen atoms in total.